The molecule has 1 aromatic carbocycles. The molecule has 2 nitrogen and oxygen atoms in total. The van der Waals surface area contributed by atoms with Gasteiger partial charge in [0.2, 0.25) is 0 Å². The van der Waals surface area contributed by atoms with E-state index in [0.717, 1.165) is 6.07 Å². The average molecular weight is 276 g/mol. The number of carbonyl (C=O) groups is 1. The number of hydrogen-bond donors (Lipinski definition) is 1. The minimum absolute atomic E-state index is 0.227. The molecule has 1 saturated carbocycles. The van der Waals surface area contributed by atoms with Gasteiger partial charge in [0.1, 0.15) is 11.4 Å². The predicted molar refractivity (Wildman–Crippen MR) is 59.2 cm³/mol. The van der Waals surface area contributed by atoms with Gasteiger partial charge < -0.3 is 5.11 Å². The number of rotatable bonds is 2. The van der Waals surface area contributed by atoms with Crippen LogP contribution in [-0.2, 0) is 6.18 Å². The SMILES string of the molecule is O=C(c1ccc(C(F)(F)F)c(F)c1)C1(O)CCCC1. The molecule has 1 aliphatic carbocycles. The van der Waals surface area contributed by atoms with Crippen LogP contribution in [0.1, 0.15) is 41.6 Å². The molecule has 1 N–H and O–H groups in total. The Hall–Kier alpha value is -1.43. The van der Waals surface area contributed by atoms with Gasteiger partial charge in [0.15, 0.2) is 5.78 Å². The molecule has 0 radical (unpaired) electrons. The smallest absolute Gasteiger partial charge is 0.382 e. The fourth-order valence-electron chi connectivity index (χ4n) is 2.34. The topological polar surface area (TPSA) is 37.3 Å². The average Bonchev–Trinajstić information content (AvgIpc) is 2.74. The van der Waals surface area contributed by atoms with Gasteiger partial charge in [0.05, 0.1) is 5.56 Å². The standard InChI is InChI=1S/C13H12F4O2/c14-10-7-8(3-4-9(10)13(15,16)17)11(18)12(19)5-1-2-6-12/h3-4,7,19H,1-2,5-6H2. The largest absolute Gasteiger partial charge is 0.419 e. The van der Waals surface area contributed by atoms with Gasteiger partial charge in [-0.2, -0.15) is 13.2 Å². The molecule has 0 amide bonds. The summed E-state index contributed by atoms with van der Waals surface area (Å²) in [5.41, 5.74) is -3.20. The minimum atomic E-state index is -4.80. The molecule has 6 heteroatoms. The molecule has 0 bridgehead atoms. The van der Waals surface area contributed by atoms with Crippen LogP contribution in [0.4, 0.5) is 17.6 Å². The van der Waals surface area contributed by atoms with E-state index in [1.165, 1.54) is 0 Å². The van der Waals surface area contributed by atoms with Gasteiger partial charge >= 0.3 is 6.18 Å². The molecule has 0 aromatic heterocycles. The van der Waals surface area contributed by atoms with Crippen LogP contribution < -0.4 is 0 Å². The van der Waals surface area contributed by atoms with Crippen LogP contribution >= 0.6 is 0 Å². The van der Waals surface area contributed by atoms with Crippen molar-refractivity contribution in [2.24, 2.45) is 0 Å². The van der Waals surface area contributed by atoms with Crippen molar-refractivity contribution in [2.75, 3.05) is 0 Å². The second-order valence-electron chi connectivity index (χ2n) is 4.76. The van der Waals surface area contributed by atoms with Crippen molar-refractivity contribution in [3.63, 3.8) is 0 Å². The summed E-state index contributed by atoms with van der Waals surface area (Å²) in [7, 11) is 0. The second kappa shape index (κ2) is 4.59. The number of halogens is 4. The number of Topliss-reactive ketones (excluding diaryl/α,β-unsaturated/α-hetero) is 1. The Morgan fingerprint density at radius 1 is 1.21 bits per heavy atom. The summed E-state index contributed by atoms with van der Waals surface area (Å²) in [6.45, 7) is 0. The number of carbonyl (C=O) groups excluding carboxylic acids is 1. The number of aliphatic hydroxyl groups is 1. The molecular weight excluding hydrogens is 264 g/mol. The normalized spacial score (nSPS) is 18.6. The van der Waals surface area contributed by atoms with Crippen LogP contribution in [0.15, 0.2) is 18.2 Å². The first-order chi connectivity index (χ1) is 8.74. The molecule has 1 aliphatic rings. The molecule has 0 heterocycles. The minimum Gasteiger partial charge on any atom is -0.382 e. The molecule has 0 unspecified atom stereocenters. The molecule has 2 rings (SSSR count). The maximum atomic E-state index is 13.4. The summed E-state index contributed by atoms with van der Waals surface area (Å²) in [6.07, 6.45) is -2.93. The van der Waals surface area contributed by atoms with Crippen LogP contribution in [0.2, 0.25) is 0 Å². The van der Waals surface area contributed by atoms with Gasteiger partial charge in [0.25, 0.3) is 0 Å². The van der Waals surface area contributed by atoms with Gasteiger partial charge in [-0.05, 0) is 37.8 Å². The van der Waals surface area contributed by atoms with Gasteiger partial charge in [0, 0.05) is 5.56 Å². The van der Waals surface area contributed by atoms with E-state index in [4.69, 9.17) is 0 Å². The summed E-state index contributed by atoms with van der Waals surface area (Å²) in [6, 6.07) is 1.98. The number of alkyl halides is 3. The third-order valence-corrected chi connectivity index (χ3v) is 3.39. The van der Waals surface area contributed by atoms with E-state index < -0.39 is 28.9 Å². The monoisotopic (exact) mass is 276 g/mol. The maximum Gasteiger partial charge on any atom is 0.419 e. The van der Waals surface area contributed by atoms with E-state index >= 15 is 0 Å². The van der Waals surface area contributed by atoms with Crippen molar-refractivity contribution in [1.82, 2.24) is 0 Å². The summed E-state index contributed by atoms with van der Waals surface area (Å²) in [5.74, 6) is -2.21. The highest BCUT2D eigenvalue weighted by molar-refractivity contribution is 6.02. The highest BCUT2D eigenvalue weighted by Crippen LogP contribution is 2.35. The summed E-state index contributed by atoms with van der Waals surface area (Å²) in [4.78, 5) is 12.0. The lowest BCUT2D eigenvalue weighted by Crippen LogP contribution is -2.35. The van der Waals surface area contributed by atoms with Gasteiger partial charge in [-0.15, -0.1) is 0 Å². The zero-order valence-electron chi connectivity index (χ0n) is 9.93. The molecule has 0 aliphatic heterocycles. The van der Waals surface area contributed by atoms with Crippen molar-refractivity contribution in [3.8, 4) is 0 Å². The lowest BCUT2D eigenvalue weighted by Gasteiger charge is -2.20. The van der Waals surface area contributed by atoms with E-state index in [9.17, 15) is 27.5 Å². The summed E-state index contributed by atoms with van der Waals surface area (Å²) >= 11 is 0. The van der Waals surface area contributed by atoms with E-state index in [2.05, 4.69) is 0 Å². The van der Waals surface area contributed by atoms with E-state index in [-0.39, 0.29) is 18.4 Å². The molecule has 0 saturated heterocycles. The lowest BCUT2D eigenvalue weighted by atomic mass is 9.91. The zero-order chi connectivity index (χ0) is 14.3. The van der Waals surface area contributed by atoms with E-state index in [1.54, 1.807) is 0 Å². The summed E-state index contributed by atoms with van der Waals surface area (Å²) in [5, 5.41) is 10.0. The van der Waals surface area contributed by atoms with Crippen molar-refractivity contribution in [2.45, 2.75) is 37.5 Å². The first kappa shape index (κ1) is 14.0. The first-order valence-corrected chi connectivity index (χ1v) is 5.88. The lowest BCUT2D eigenvalue weighted by molar-refractivity contribution is -0.140. The Balaban J connectivity index is 2.32. The van der Waals surface area contributed by atoms with Crippen molar-refractivity contribution in [3.05, 3.63) is 35.1 Å². The third kappa shape index (κ3) is 2.63. The van der Waals surface area contributed by atoms with Gasteiger partial charge in [-0.25, -0.2) is 4.39 Å². The molecule has 19 heavy (non-hydrogen) atoms. The molecule has 104 valence electrons. The summed E-state index contributed by atoms with van der Waals surface area (Å²) < 4.78 is 50.5. The molecular formula is C13H12F4O2. The Kier molecular flexibility index (Phi) is 3.38. The Bertz CT molecular complexity index is 502. The third-order valence-electron chi connectivity index (χ3n) is 3.39. The van der Waals surface area contributed by atoms with Crippen LogP contribution in [0, 0.1) is 5.82 Å². The Labute approximate surface area is 107 Å². The molecule has 0 atom stereocenters. The zero-order valence-corrected chi connectivity index (χ0v) is 9.93. The fourth-order valence-corrected chi connectivity index (χ4v) is 2.34. The van der Waals surface area contributed by atoms with E-state index in [1.807, 2.05) is 0 Å². The van der Waals surface area contributed by atoms with E-state index in [0.29, 0.717) is 25.0 Å². The number of ketones is 1. The fraction of sp³-hybridized carbons (Fsp3) is 0.462. The van der Waals surface area contributed by atoms with Crippen molar-refractivity contribution in [1.29, 1.82) is 0 Å². The maximum absolute atomic E-state index is 13.4. The van der Waals surface area contributed by atoms with Crippen molar-refractivity contribution < 1.29 is 27.5 Å². The first-order valence-electron chi connectivity index (χ1n) is 5.88. The van der Waals surface area contributed by atoms with Gasteiger partial charge in [-0.1, -0.05) is 6.07 Å². The molecule has 0 spiro atoms. The Morgan fingerprint density at radius 2 is 1.79 bits per heavy atom. The Morgan fingerprint density at radius 3 is 2.26 bits per heavy atom. The highest BCUT2D eigenvalue weighted by atomic mass is 19.4. The van der Waals surface area contributed by atoms with Crippen LogP contribution in [0.25, 0.3) is 0 Å². The van der Waals surface area contributed by atoms with Crippen LogP contribution in [0.5, 0.6) is 0 Å². The van der Waals surface area contributed by atoms with Crippen LogP contribution in [0.3, 0.4) is 0 Å². The second-order valence-corrected chi connectivity index (χ2v) is 4.76. The van der Waals surface area contributed by atoms with Crippen LogP contribution in [-0.4, -0.2) is 16.5 Å². The number of benzene rings is 1. The number of hydrogen-bond acceptors (Lipinski definition) is 2. The molecule has 1 aromatic rings. The highest BCUT2D eigenvalue weighted by Gasteiger charge is 2.40. The van der Waals surface area contributed by atoms with Gasteiger partial charge in [-0.3, -0.25) is 4.79 Å². The molecule has 1 fully saturated rings. The quantitative estimate of drug-likeness (QED) is 0.664. The van der Waals surface area contributed by atoms with Crippen molar-refractivity contribution >= 4 is 5.78 Å². The predicted octanol–water partition coefficient (Wildman–Crippen LogP) is 3.33.